The lowest BCUT2D eigenvalue weighted by Gasteiger charge is -2.28. The molecule has 0 N–H and O–H groups in total. The van der Waals surface area contributed by atoms with E-state index < -0.39 is 17.8 Å². The lowest BCUT2D eigenvalue weighted by molar-refractivity contribution is -0.122. The van der Waals surface area contributed by atoms with Gasteiger partial charge in [-0.2, -0.15) is 0 Å². The van der Waals surface area contributed by atoms with Crippen molar-refractivity contribution in [2.24, 2.45) is 0 Å². The summed E-state index contributed by atoms with van der Waals surface area (Å²) in [7, 11) is 0. The van der Waals surface area contributed by atoms with Crippen LogP contribution in [0.15, 0.2) is 72.8 Å². The molecule has 1 fully saturated rings. The number of carbonyl (C=O) groups excluding carboxylic acids is 3. The predicted octanol–water partition coefficient (Wildman–Crippen LogP) is 4.51. The maximum absolute atomic E-state index is 13.5. The van der Waals surface area contributed by atoms with Crippen molar-refractivity contribution in [1.29, 1.82) is 0 Å². The lowest BCUT2D eigenvalue weighted by atomic mass is 10.1. The van der Waals surface area contributed by atoms with E-state index in [0.29, 0.717) is 29.2 Å². The second-order valence-corrected chi connectivity index (χ2v) is 8.14. The van der Waals surface area contributed by atoms with Gasteiger partial charge in [-0.1, -0.05) is 29.8 Å². The number of halogens is 1. The van der Waals surface area contributed by atoms with Crippen molar-refractivity contribution in [2.75, 3.05) is 11.5 Å². The molecule has 0 aliphatic carbocycles. The van der Waals surface area contributed by atoms with E-state index in [2.05, 4.69) is 0 Å². The molecular formula is C27H25FN2O4. The normalized spacial score (nSPS) is 15.5. The molecule has 34 heavy (non-hydrogen) atoms. The Bertz CT molecular complexity index is 1190. The summed E-state index contributed by atoms with van der Waals surface area (Å²) in [6.45, 7) is 4.35. The number of benzene rings is 3. The number of hydrogen-bond acceptors (Lipinski definition) is 4. The van der Waals surface area contributed by atoms with Crippen molar-refractivity contribution in [3.05, 3.63) is 95.3 Å². The number of hydrogen-bond donors (Lipinski definition) is 0. The summed E-state index contributed by atoms with van der Waals surface area (Å²) in [6, 6.07) is 18.5. The minimum Gasteiger partial charge on any atom is -0.494 e. The molecule has 7 heteroatoms. The third kappa shape index (κ3) is 4.83. The van der Waals surface area contributed by atoms with E-state index in [-0.39, 0.29) is 24.8 Å². The van der Waals surface area contributed by atoms with Gasteiger partial charge in [-0.05, 0) is 67.9 Å². The number of rotatable bonds is 7. The van der Waals surface area contributed by atoms with Crippen LogP contribution >= 0.6 is 0 Å². The molecule has 0 bridgehead atoms. The van der Waals surface area contributed by atoms with Gasteiger partial charge in [0.15, 0.2) is 0 Å². The van der Waals surface area contributed by atoms with E-state index in [1.807, 2.05) is 26.0 Å². The summed E-state index contributed by atoms with van der Waals surface area (Å²) in [5.74, 6) is -0.996. The van der Waals surface area contributed by atoms with Crippen LogP contribution in [0.25, 0.3) is 0 Å². The summed E-state index contributed by atoms with van der Waals surface area (Å²) in [6.07, 6.45) is -0.134. The Morgan fingerprint density at radius 1 is 1.00 bits per heavy atom. The zero-order valence-corrected chi connectivity index (χ0v) is 19.0. The van der Waals surface area contributed by atoms with Crippen molar-refractivity contribution in [3.8, 4) is 5.75 Å². The van der Waals surface area contributed by atoms with Crippen molar-refractivity contribution in [1.82, 2.24) is 4.90 Å². The largest absolute Gasteiger partial charge is 0.494 e. The number of ether oxygens (including phenoxy) is 1. The highest BCUT2D eigenvalue weighted by Crippen LogP contribution is 2.29. The Morgan fingerprint density at radius 2 is 1.65 bits per heavy atom. The highest BCUT2D eigenvalue weighted by atomic mass is 19.1. The van der Waals surface area contributed by atoms with Gasteiger partial charge in [-0.25, -0.2) is 9.29 Å². The fraction of sp³-hybridized carbons (Fsp3) is 0.222. The second-order valence-electron chi connectivity index (χ2n) is 8.14. The smallest absolute Gasteiger partial charge is 0.257 e. The van der Waals surface area contributed by atoms with Crippen molar-refractivity contribution in [2.45, 2.75) is 32.9 Å². The maximum Gasteiger partial charge on any atom is 0.257 e. The molecule has 1 atom stereocenters. The summed E-state index contributed by atoms with van der Waals surface area (Å²) in [5.41, 5.74) is 2.48. The topological polar surface area (TPSA) is 66.9 Å². The first-order chi connectivity index (χ1) is 16.4. The molecule has 1 unspecified atom stereocenters. The molecule has 0 aromatic heterocycles. The highest BCUT2D eigenvalue weighted by Gasteiger charge is 2.44. The maximum atomic E-state index is 13.5. The van der Waals surface area contributed by atoms with Gasteiger partial charge in [0.05, 0.1) is 18.7 Å². The third-order valence-electron chi connectivity index (χ3n) is 5.73. The van der Waals surface area contributed by atoms with Crippen LogP contribution in [0.2, 0.25) is 0 Å². The number of carbonyl (C=O) groups is 3. The van der Waals surface area contributed by atoms with Crippen LogP contribution in [0.3, 0.4) is 0 Å². The summed E-state index contributed by atoms with van der Waals surface area (Å²) in [5, 5.41) is 0. The molecule has 0 saturated carbocycles. The first-order valence-electron chi connectivity index (χ1n) is 11.1. The van der Waals surface area contributed by atoms with Crippen molar-refractivity contribution >= 4 is 23.4 Å². The SMILES string of the molecule is CCOc1ccc(N2C(=O)CC(N(Cc3ccc(F)cc3)C(=O)c3ccc(C)cc3)C2=O)cc1. The number of anilines is 1. The van der Waals surface area contributed by atoms with Gasteiger partial charge in [0.25, 0.3) is 11.8 Å². The number of nitrogens with zero attached hydrogens (tertiary/aromatic N) is 2. The standard InChI is InChI=1S/C27H25FN2O4/c1-3-34-23-14-12-22(13-15-23)30-25(31)16-24(27(30)33)29(17-19-6-10-21(28)11-7-19)26(32)20-8-4-18(2)5-9-20/h4-15,24H,3,16-17H2,1-2H3. The molecule has 1 aliphatic heterocycles. The zero-order valence-electron chi connectivity index (χ0n) is 19.0. The fourth-order valence-corrected chi connectivity index (χ4v) is 3.96. The van der Waals surface area contributed by atoms with Crippen LogP contribution in [-0.2, 0) is 16.1 Å². The van der Waals surface area contributed by atoms with Gasteiger partial charge in [-0.15, -0.1) is 0 Å². The first kappa shape index (κ1) is 23.2. The highest BCUT2D eigenvalue weighted by molar-refractivity contribution is 6.23. The van der Waals surface area contributed by atoms with Crippen LogP contribution in [0.1, 0.15) is 34.8 Å². The molecule has 1 aliphatic rings. The average molecular weight is 461 g/mol. The number of amides is 3. The van der Waals surface area contributed by atoms with Gasteiger partial charge in [-0.3, -0.25) is 14.4 Å². The molecule has 4 rings (SSSR count). The summed E-state index contributed by atoms with van der Waals surface area (Å²) < 4.78 is 18.9. The Morgan fingerprint density at radius 3 is 2.26 bits per heavy atom. The molecule has 3 aromatic carbocycles. The Hall–Kier alpha value is -4.00. The summed E-state index contributed by atoms with van der Waals surface area (Å²) in [4.78, 5) is 42.3. The van der Waals surface area contributed by atoms with Crippen LogP contribution in [-0.4, -0.2) is 35.3 Å². The first-order valence-corrected chi connectivity index (χ1v) is 11.1. The van der Waals surface area contributed by atoms with Gasteiger partial charge >= 0.3 is 0 Å². The van der Waals surface area contributed by atoms with E-state index in [4.69, 9.17) is 4.74 Å². The van der Waals surface area contributed by atoms with Gasteiger partial charge in [0.2, 0.25) is 5.91 Å². The van der Waals surface area contributed by atoms with E-state index in [1.54, 1.807) is 48.5 Å². The quantitative estimate of drug-likeness (QED) is 0.487. The van der Waals surface area contributed by atoms with Crippen LogP contribution in [0, 0.1) is 12.7 Å². The predicted molar refractivity (Wildman–Crippen MR) is 126 cm³/mol. The zero-order chi connectivity index (χ0) is 24.2. The van der Waals surface area contributed by atoms with Gasteiger partial charge in [0.1, 0.15) is 17.6 Å². The van der Waals surface area contributed by atoms with Gasteiger partial charge in [0, 0.05) is 12.1 Å². The third-order valence-corrected chi connectivity index (χ3v) is 5.73. The molecule has 0 radical (unpaired) electrons. The van der Waals surface area contributed by atoms with E-state index in [1.165, 1.54) is 17.0 Å². The molecule has 6 nitrogen and oxygen atoms in total. The summed E-state index contributed by atoms with van der Waals surface area (Å²) >= 11 is 0. The molecule has 1 heterocycles. The van der Waals surface area contributed by atoms with Crippen molar-refractivity contribution < 1.29 is 23.5 Å². The van der Waals surface area contributed by atoms with Crippen LogP contribution < -0.4 is 9.64 Å². The lowest BCUT2D eigenvalue weighted by Crippen LogP contribution is -2.45. The molecule has 3 aromatic rings. The minimum atomic E-state index is -0.974. The van der Waals surface area contributed by atoms with Crippen molar-refractivity contribution in [3.63, 3.8) is 0 Å². The monoisotopic (exact) mass is 460 g/mol. The fourth-order valence-electron chi connectivity index (χ4n) is 3.96. The molecule has 174 valence electrons. The number of aryl methyl sites for hydroxylation is 1. The van der Waals surface area contributed by atoms with E-state index in [9.17, 15) is 18.8 Å². The molecular weight excluding hydrogens is 435 g/mol. The Labute approximate surface area is 197 Å². The average Bonchev–Trinajstić information content (AvgIpc) is 3.13. The molecule has 3 amide bonds. The number of imide groups is 1. The van der Waals surface area contributed by atoms with E-state index in [0.717, 1.165) is 10.5 Å². The minimum absolute atomic E-state index is 0.0633. The van der Waals surface area contributed by atoms with Crippen LogP contribution in [0.5, 0.6) is 5.75 Å². The van der Waals surface area contributed by atoms with Crippen LogP contribution in [0.4, 0.5) is 10.1 Å². The molecule has 0 spiro atoms. The Kier molecular flexibility index (Phi) is 6.72. The molecule has 1 saturated heterocycles. The van der Waals surface area contributed by atoms with Gasteiger partial charge < -0.3 is 9.64 Å². The second kappa shape index (κ2) is 9.87. The Balaban J connectivity index is 1.65. The van der Waals surface area contributed by atoms with E-state index >= 15 is 0 Å².